The summed E-state index contributed by atoms with van der Waals surface area (Å²) in [5.41, 5.74) is -0.0996. The molecule has 2 rings (SSSR count). The van der Waals surface area contributed by atoms with Crippen molar-refractivity contribution in [2.45, 2.75) is 64.3 Å². The van der Waals surface area contributed by atoms with Gasteiger partial charge in [-0.2, -0.15) is 0 Å². The average molecular weight is 267 g/mol. The van der Waals surface area contributed by atoms with Crippen LogP contribution in [-0.4, -0.2) is 42.0 Å². The summed E-state index contributed by atoms with van der Waals surface area (Å²) >= 11 is 0. The molecule has 0 aromatic rings. The zero-order valence-corrected chi connectivity index (χ0v) is 12.3. The van der Waals surface area contributed by atoms with E-state index in [9.17, 15) is 9.90 Å². The van der Waals surface area contributed by atoms with Crippen LogP contribution in [0, 0.1) is 11.3 Å². The summed E-state index contributed by atoms with van der Waals surface area (Å²) in [6.45, 7) is 4.60. The molecule has 110 valence electrons. The van der Waals surface area contributed by atoms with Crippen molar-refractivity contribution >= 4 is 6.29 Å². The molecule has 0 aromatic carbocycles. The molecule has 3 heteroatoms. The smallest absolute Gasteiger partial charge is 0.127 e. The Morgan fingerprint density at radius 1 is 1.26 bits per heavy atom. The number of nitrogens with zero attached hydrogens (tertiary/aromatic N) is 1. The zero-order valence-electron chi connectivity index (χ0n) is 12.3. The number of rotatable bonds is 5. The van der Waals surface area contributed by atoms with Crippen molar-refractivity contribution in [2.75, 3.05) is 19.7 Å². The maximum atomic E-state index is 11.7. The van der Waals surface area contributed by atoms with Gasteiger partial charge in [0.25, 0.3) is 0 Å². The summed E-state index contributed by atoms with van der Waals surface area (Å²) in [5, 5.41) is 9.20. The number of aliphatic hydroxyl groups excluding tert-OH is 1. The van der Waals surface area contributed by atoms with Gasteiger partial charge in [-0.3, -0.25) is 4.90 Å². The first kappa shape index (κ1) is 15.0. The molecular weight excluding hydrogens is 238 g/mol. The van der Waals surface area contributed by atoms with Crippen LogP contribution in [0.4, 0.5) is 0 Å². The molecule has 1 aliphatic heterocycles. The molecule has 0 spiro atoms. The summed E-state index contributed by atoms with van der Waals surface area (Å²) < 4.78 is 0. The number of piperidine rings is 1. The van der Waals surface area contributed by atoms with E-state index in [4.69, 9.17) is 0 Å². The van der Waals surface area contributed by atoms with Gasteiger partial charge in [-0.05, 0) is 57.4 Å². The van der Waals surface area contributed by atoms with Crippen LogP contribution in [0.2, 0.25) is 0 Å². The van der Waals surface area contributed by atoms with Crippen LogP contribution in [0.1, 0.15) is 58.3 Å². The molecule has 19 heavy (non-hydrogen) atoms. The standard InChI is InChI=1S/C16H29NO2/c1-14-5-8-16(13-19,9-6-14)12-17-10-3-2-4-15(17)7-11-18/h13-15,18H,2-12H2,1H3. The Bertz CT molecular complexity index is 282. The van der Waals surface area contributed by atoms with E-state index in [0.717, 1.165) is 38.3 Å². The molecule has 2 aliphatic rings. The molecule has 1 saturated heterocycles. The number of aliphatic hydroxyl groups is 1. The summed E-state index contributed by atoms with van der Waals surface area (Å²) in [7, 11) is 0. The van der Waals surface area contributed by atoms with Crippen molar-refractivity contribution in [3.63, 3.8) is 0 Å². The van der Waals surface area contributed by atoms with Gasteiger partial charge in [0.15, 0.2) is 0 Å². The number of likely N-dealkylation sites (tertiary alicyclic amines) is 1. The molecule has 0 radical (unpaired) electrons. The predicted octanol–water partition coefficient (Wildman–Crippen LogP) is 2.62. The Hall–Kier alpha value is -0.410. The first-order valence-electron chi connectivity index (χ1n) is 8.00. The second-order valence-electron chi connectivity index (χ2n) is 6.80. The Balaban J connectivity index is 1.97. The number of aldehydes is 1. The van der Waals surface area contributed by atoms with Crippen molar-refractivity contribution in [1.82, 2.24) is 4.90 Å². The number of hydrogen-bond acceptors (Lipinski definition) is 3. The molecule has 1 heterocycles. The second kappa shape index (κ2) is 6.85. The molecule has 0 aromatic heterocycles. The van der Waals surface area contributed by atoms with E-state index in [0.29, 0.717) is 6.04 Å². The highest BCUT2D eigenvalue weighted by Gasteiger charge is 2.37. The minimum atomic E-state index is -0.0996. The van der Waals surface area contributed by atoms with E-state index in [2.05, 4.69) is 11.8 Å². The van der Waals surface area contributed by atoms with Crippen LogP contribution in [0.3, 0.4) is 0 Å². The SMILES string of the molecule is CC1CCC(C=O)(CN2CCCCC2CCO)CC1. The lowest BCUT2D eigenvalue weighted by atomic mass is 9.71. The summed E-state index contributed by atoms with van der Waals surface area (Å²) in [6.07, 6.45) is 10.3. The van der Waals surface area contributed by atoms with Gasteiger partial charge in [-0.15, -0.1) is 0 Å². The number of hydrogen-bond donors (Lipinski definition) is 1. The van der Waals surface area contributed by atoms with Crippen molar-refractivity contribution in [3.05, 3.63) is 0 Å². The second-order valence-corrected chi connectivity index (χ2v) is 6.80. The fourth-order valence-corrected chi connectivity index (χ4v) is 3.80. The quantitative estimate of drug-likeness (QED) is 0.778. The van der Waals surface area contributed by atoms with Gasteiger partial charge in [0.2, 0.25) is 0 Å². The van der Waals surface area contributed by atoms with Crippen LogP contribution in [0.25, 0.3) is 0 Å². The van der Waals surface area contributed by atoms with E-state index < -0.39 is 0 Å². The highest BCUT2D eigenvalue weighted by atomic mass is 16.3. The molecule has 1 N–H and O–H groups in total. The summed E-state index contributed by atoms with van der Waals surface area (Å²) in [4.78, 5) is 14.1. The van der Waals surface area contributed by atoms with E-state index in [1.54, 1.807) is 0 Å². The van der Waals surface area contributed by atoms with Crippen LogP contribution in [-0.2, 0) is 4.79 Å². The monoisotopic (exact) mass is 267 g/mol. The largest absolute Gasteiger partial charge is 0.396 e. The maximum absolute atomic E-state index is 11.7. The molecular formula is C16H29NO2. The topological polar surface area (TPSA) is 40.5 Å². The molecule has 2 fully saturated rings. The van der Waals surface area contributed by atoms with E-state index in [-0.39, 0.29) is 12.0 Å². The third-order valence-electron chi connectivity index (χ3n) is 5.25. The van der Waals surface area contributed by atoms with Crippen LogP contribution in [0.15, 0.2) is 0 Å². The Labute approximate surface area is 117 Å². The summed E-state index contributed by atoms with van der Waals surface area (Å²) in [5.74, 6) is 0.780. The normalized spacial score (nSPS) is 37.2. The Morgan fingerprint density at radius 3 is 2.63 bits per heavy atom. The lowest BCUT2D eigenvalue weighted by molar-refractivity contribution is -0.120. The van der Waals surface area contributed by atoms with E-state index >= 15 is 0 Å². The van der Waals surface area contributed by atoms with Crippen molar-refractivity contribution in [1.29, 1.82) is 0 Å². The molecule has 1 aliphatic carbocycles. The molecule has 3 nitrogen and oxygen atoms in total. The lowest BCUT2D eigenvalue weighted by Gasteiger charge is -2.43. The molecule has 1 unspecified atom stereocenters. The fraction of sp³-hybridized carbons (Fsp3) is 0.938. The molecule has 0 amide bonds. The van der Waals surface area contributed by atoms with Crippen LogP contribution in [0.5, 0.6) is 0 Å². The maximum Gasteiger partial charge on any atom is 0.127 e. The first-order chi connectivity index (χ1) is 9.19. The Morgan fingerprint density at radius 2 is 2.00 bits per heavy atom. The third kappa shape index (κ3) is 3.79. The highest BCUT2D eigenvalue weighted by Crippen LogP contribution is 2.39. The van der Waals surface area contributed by atoms with Crippen LogP contribution >= 0.6 is 0 Å². The van der Waals surface area contributed by atoms with Crippen molar-refractivity contribution in [2.24, 2.45) is 11.3 Å². The minimum absolute atomic E-state index is 0.0996. The zero-order chi connectivity index (χ0) is 13.7. The van der Waals surface area contributed by atoms with Crippen molar-refractivity contribution in [3.8, 4) is 0 Å². The van der Waals surface area contributed by atoms with Crippen molar-refractivity contribution < 1.29 is 9.90 Å². The van der Waals surface area contributed by atoms with Gasteiger partial charge < -0.3 is 9.90 Å². The molecule has 1 atom stereocenters. The van der Waals surface area contributed by atoms with Crippen LogP contribution < -0.4 is 0 Å². The van der Waals surface area contributed by atoms with Gasteiger partial charge in [0.05, 0.1) is 0 Å². The van der Waals surface area contributed by atoms with E-state index in [1.165, 1.54) is 38.4 Å². The highest BCUT2D eigenvalue weighted by molar-refractivity contribution is 5.60. The minimum Gasteiger partial charge on any atom is -0.396 e. The summed E-state index contributed by atoms with van der Waals surface area (Å²) in [6, 6.07) is 0.495. The van der Waals surface area contributed by atoms with Gasteiger partial charge in [-0.1, -0.05) is 13.3 Å². The first-order valence-corrected chi connectivity index (χ1v) is 8.00. The molecule has 1 saturated carbocycles. The van der Waals surface area contributed by atoms with Gasteiger partial charge in [-0.25, -0.2) is 0 Å². The average Bonchev–Trinajstić information content (AvgIpc) is 2.44. The van der Waals surface area contributed by atoms with Gasteiger partial charge >= 0.3 is 0 Å². The molecule has 0 bridgehead atoms. The van der Waals surface area contributed by atoms with Gasteiger partial charge in [0, 0.05) is 24.6 Å². The number of carbonyl (C=O) groups is 1. The lowest BCUT2D eigenvalue weighted by Crippen LogP contribution is -2.48. The van der Waals surface area contributed by atoms with Gasteiger partial charge in [0.1, 0.15) is 6.29 Å². The predicted molar refractivity (Wildman–Crippen MR) is 77.0 cm³/mol. The van der Waals surface area contributed by atoms with E-state index in [1.807, 2.05) is 0 Å². The number of carbonyl (C=O) groups excluding carboxylic acids is 1. The Kier molecular flexibility index (Phi) is 5.40. The fourth-order valence-electron chi connectivity index (χ4n) is 3.80. The third-order valence-corrected chi connectivity index (χ3v) is 5.25.